The van der Waals surface area contributed by atoms with E-state index in [4.69, 9.17) is 1.37 Å². The lowest BCUT2D eigenvalue weighted by atomic mass is 10.1. The molecule has 3 aromatic rings. The molecule has 20 heavy (non-hydrogen) atoms. The largest absolute Gasteiger partial charge is 0.311 e. The normalized spacial score (nSPS) is 10.9. The Morgan fingerprint density at radius 1 is 0.650 bits per heavy atom. The van der Waals surface area contributed by atoms with Gasteiger partial charge >= 0.3 is 0 Å². The quantitative estimate of drug-likeness (QED) is 0.604. The molecule has 0 saturated carbocycles. The van der Waals surface area contributed by atoms with Crippen molar-refractivity contribution in [2.45, 2.75) is 6.92 Å². The summed E-state index contributed by atoms with van der Waals surface area (Å²) in [5.41, 5.74) is 4.53. The van der Waals surface area contributed by atoms with Crippen LogP contribution in [0.15, 0.2) is 84.9 Å². The maximum atomic E-state index is 7.65. The molecule has 0 aliphatic carbocycles. The van der Waals surface area contributed by atoms with Crippen LogP contribution in [0.5, 0.6) is 0 Å². The molecule has 3 rings (SSSR count). The molecule has 0 fully saturated rings. The second kappa shape index (κ2) is 5.62. The number of benzene rings is 3. The molecular weight excluding hydrogens is 242 g/mol. The number of anilines is 3. The molecule has 0 N–H and O–H groups in total. The first-order valence-corrected chi connectivity index (χ1v) is 6.72. The van der Waals surface area contributed by atoms with Crippen molar-refractivity contribution in [3.63, 3.8) is 0 Å². The van der Waals surface area contributed by atoms with Crippen LogP contribution in [-0.4, -0.2) is 0 Å². The SMILES string of the molecule is [2H]c1ccc(N(c2ccccc2)c2ccc(C)cc2)cc1. The first-order valence-electron chi connectivity index (χ1n) is 7.22. The molecule has 0 bridgehead atoms. The first-order chi connectivity index (χ1) is 10.2. The van der Waals surface area contributed by atoms with E-state index in [1.165, 1.54) is 5.56 Å². The highest BCUT2D eigenvalue weighted by atomic mass is 15.1. The third-order valence-corrected chi connectivity index (χ3v) is 3.27. The molecule has 0 unspecified atom stereocenters. The number of hydrogen-bond acceptors (Lipinski definition) is 1. The third kappa shape index (κ3) is 2.57. The second-order valence-electron chi connectivity index (χ2n) is 4.76. The molecule has 0 saturated heterocycles. The minimum atomic E-state index is 0.524. The highest BCUT2D eigenvalue weighted by molar-refractivity contribution is 5.76. The minimum absolute atomic E-state index is 0.524. The van der Waals surface area contributed by atoms with Gasteiger partial charge < -0.3 is 4.90 Å². The van der Waals surface area contributed by atoms with Crippen LogP contribution >= 0.6 is 0 Å². The first kappa shape index (κ1) is 11.3. The lowest BCUT2D eigenvalue weighted by molar-refractivity contribution is 1.27. The predicted octanol–water partition coefficient (Wildman–Crippen LogP) is 5.46. The predicted molar refractivity (Wildman–Crippen MR) is 85.9 cm³/mol. The molecular formula is C19H17N. The zero-order valence-electron chi connectivity index (χ0n) is 12.5. The van der Waals surface area contributed by atoms with Crippen LogP contribution in [0, 0.1) is 6.92 Å². The van der Waals surface area contributed by atoms with E-state index in [2.05, 4.69) is 48.2 Å². The maximum Gasteiger partial charge on any atom is 0.0623 e. The summed E-state index contributed by atoms with van der Waals surface area (Å²) >= 11 is 0. The molecule has 0 aromatic heterocycles. The Labute approximate surface area is 121 Å². The zero-order valence-corrected chi connectivity index (χ0v) is 11.5. The summed E-state index contributed by atoms with van der Waals surface area (Å²) in [5, 5.41) is 0. The number of hydrogen-bond donors (Lipinski definition) is 0. The van der Waals surface area contributed by atoms with Gasteiger partial charge in [0.25, 0.3) is 0 Å². The van der Waals surface area contributed by atoms with E-state index >= 15 is 0 Å². The summed E-state index contributed by atoms with van der Waals surface area (Å²) in [6.45, 7) is 2.09. The Morgan fingerprint density at radius 2 is 1.15 bits per heavy atom. The maximum absolute atomic E-state index is 7.65. The zero-order chi connectivity index (χ0) is 14.7. The average Bonchev–Trinajstić information content (AvgIpc) is 2.52. The van der Waals surface area contributed by atoms with E-state index in [-0.39, 0.29) is 0 Å². The monoisotopic (exact) mass is 260 g/mol. The second-order valence-corrected chi connectivity index (χ2v) is 4.76. The number of aryl methyl sites for hydroxylation is 1. The van der Waals surface area contributed by atoms with Crippen LogP contribution in [0.1, 0.15) is 6.93 Å². The smallest absolute Gasteiger partial charge is 0.0623 e. The summed E-state index contributed by atoms with van der Waals surface area (Å²) in [6.07, 6.45) is 0. The van der Waals surface area contributed by atoms with Crippen molar-refractivity contribution in [2.24, 2.45) is 0 Å². The fourth-order valence-corrected chi connectivity index (χ4v) is 2.25. The molecule has 0 atom stereocenters. The van der Waals surface area contributed by atoms with Gasteiger partial charge in [0.15, 0.2) is 0 Å². The highest BCUT2D eigenvalue weighted by Gasteiger charge is 2.10. The van der Waals surface area contributed by atoms with Crippen LogP contribution in [0.3, 0.4) is 0 Å². The number of para-hydroxylation sites is 2. The standard InChI is InChI=1S/C19H17N/c1-16-12-14-19(15-13-16)20(17-8-4-2-5-9-17)18-10-6-3-7-11-18/h2-15H,1H3/i2D. The van der Waals surface area contributed by atoms with Gasteiger partial charge in [0.2, 0.25) is 0 Å². The van der Waals surface area contributed by atoms with E-state index in [9.17, 15) is 0 Å². The van der Waals surface area contributed by atoms with Gasteiger partial charge in [-0.15, -0.1) is 0 Å². The van der Waals surface area contributed by atoms with Crippen molar-refractivity contribution in [3.8, 4) is 0 Å². The van der Waals surface area contributed by atoms with Gasteiger partial charge in [-0.05, 0) is 43.3 Å². The molecule has 0 aliphatic rings. The van der Waals surface area contributed by atoms with Crippen LogP contribution in [-0.2, 0) is 0 Å². The Morgan fingerprint density at radius 3 is 1.75 bits per heavy atom. The molecule has 0 amide bonds. The van der Waals surface area contributed by atoms with Crippen LogP contribution in [0.4, 0.5) is 17.1 Å². The van der Waals surface area contributed by atoms with Gasteiger partial charge in [0.05, 0.1) is 1.37 Å². The van der Waals surface area contributed by atoms with Gasteiger partial charge in [0, 0.05) is 17.1 Å². The molecule has 0 aliphatic heterocycles. The summed E-state index contributed by atoms with van der Waals surface area (Å²) in [6, 6.07) is 26.9. The van der Waals surface area contributed by atoms with E-state index in [1.54, 1.807) is 0 Å². The van der Waals surface area contributed by atoms with Crippen LogP contribution in [0.25, 0.3) is 0 Å². The average molecular weight is 260 g/mol. The van der Waals surface area contributed by atoms with E-state index < -0.39 is 0 Å². The fourth-order valence-electron chi connectivity index (χ4n) is 2.25. The van der Waals surface area contributed by atoms with Crippen LogP contribution < -0.4 is 4.90 Å². The lowest BCUT2D eigenvalue weighted by Gasteiger charge is -2.25. The lowest BCUT2D eigenvalue weighted by Crippen LogP contribution is -2.09. The number of rotatable bonds is 3. The summed E-state index contributed by atoms with van der Waals surface area (Å²) in [4.78, 5) is 2.19. The Kier molecular flexibility index (Phi) is 3.17. The highest BCUT2D eigenvalue weighted by Crippen LogP contribution is 2.33. The Hall–Kier alpha value is -2.54. The van der Waals surface area contributed by atoms with Crippen molar-refractivity contribution in [3.05, 3.63) is 90.5 Å². The molecule has 98 valence electrons. The Balaban J connectivity index is 2.11. The van der Waals surface area contributed by atoms with Crippen molar-refractivity contribution >= 4 is 17.1 Å². The van der Waals surface area contributed by atoms with Gasteiger partial charge in [0.1, 0.15) is 0 Å². The topological polar surface area (TPSA) is 3.24 Å². The molecule has 0 heterocycles. The Bertz CT molecular complexity index is 657. The van der Waals surface area contributed by atoms with E-state index in [0.29, 0.717) is 6.04 Å². The summed E-state index contributed by atoms with van der Waals surface area (Å²) in [5.74, 6) is 0. The van der Waals surface area contributed by atoms with E-state index in [0.717, 1.165) is 17.1 Å². The summed E-state index contributed by atoms with van der Waals surface area (Å²) < 4.78 is 7.65. The van der Waals surface area contributed by atoms with Crippen molar-refractivity contribution in [1.29, 1.82) is 0 Å². The van der Waals surface area contributed by atoms with Gasteiger partial charge in [-0.1, -0.05) is 54.1 Å². The van der Waals surface area contributed by atoms with Crippen molar-refractivity contribution in [1.82, 2.24) is 0 Å². The fraction of sp³-hybridized carbons (Fsp3) is 0.0526. The van der Waals surface area contributed by atoms with Crippen molar-refractivity contribution < 1.29 is 1.37 Å². The van der Waals surface area contributed by atoms with Gasteiger partial charge in [-0.2, -0.15) is 0 Å². The minimum Gasteiger partial charge on any atom is -0.311 e. The molecule has 1 heteroatoms. The molecule has 0 radical (unpaired) electrons. The van der Waals surface area contributed by atoms with Crippen molar-refractivity contribution in [2.75, 3.05) is 4.90 Å². The van der Waals surface area contributed by atoms with Gasteiger partial charge in [-0.3, -0.25) is 0 Å². The summed E-state index contributed by atoms with van der Waals surface area (Å²) in [7, 11) is 0. The van der Waals surface area contributed by atoms with Crippen LogP contribution in [0.2, 0.25) is 0 Å². The molecule has 3 aromatic carbocycles. The van der Waals surface area contributed by atoms with Gasteiger partial charge in [-0.25, -0.2) is 0 Å². The number of nitrogens with zero attached hydrogens (tertiary/aromatic N) is 1. The molecule has 0 spiro atoms. The van der Waals surface area contributed by atoms with E-state index in [1.807, 2.05) is 42.5 Å². The third-order valence-electron chi connectivity index (χ3n) is 3.27. The molecule has 1 nitrogen and oxygen atoms in total.